The van der Waals surface area contributed by atoms with Crippen LogP contribution in [0.5, 0.6) is 0 Å². The highest BCUT2D eigenvalue weighted by Crippen LogP contribution is 2.09. The minimum atomic E-state index is -0.158. The molecule has 0 aromatic heterocycles. The van der Waals surface area contributed by atoms with Crippen molar-refractivity contribution in [2.75, 3.05) is 38.7 Å². The second-order valence-corrected chi connectivity index (χ2v) is 4.55. The molecule has 116 valence electrons. The molecular formula is C15H23N3O3. The Bertz CT molecular complexity index is 446. The van der Waals surface area contributed by atoms with Gasteiger partial charge in [0.15, 0.2) is 0 Å². The average molecular weight is 293 g/mol. The molecular weight excluding hydrogens is 270 g/mol. The number of carbonyl (C=O) groups is 2. The normalized spacial score (nSPS) is 10.2. The van der Waals surface area contributed by atoms with Gasteiger partial charge in [0.05, 0.1) is 13.2 Å². The number of rotatable bonds is 9. The van der Waals surface area contributed by atoms with Gasteiger partial charge in [0.2, 0.25) is 5.91 Å². The standard InChI is InChI=1S/C15H23N3O3/c1-3-8-16-11-14(19)18-13-6-4-12(5-7-13)15(20)17-9-10-21-2/h4-7,16H,3,8-11H2,1-2H3,(H,17,20)(H,18,19). The third-order valence-corrected chi connectivity index (χ3v) is 2.73. The van der Waals surface area contributed by atoms with Gasteiger partial charge in [-0.15, -0.1) is 0 Å². The van der Waals surface area contributed by atoms with Crippen LogP contribution in [0.4, 0.5) is 5.69 Å². The van der Waals surface area contributed by atoms with Gasteiger partial charge < -0.3 is 20.7 Å². The molecule has 1 aromatic carbocycles. The summed E-state index contributed by atoms with van der Waals surface area (Å²) in [5.74, 6) is -0.254. The van der Waals surface area contributed by atoms with E-state index in [1.165, 1.54) is 0 Å². The maximum atomic E-state index is 11.8. The maximum Gasteiger partial charge on any atom is 0.251 e. The van der Waals surface area contributed by atoms with E-state index in [9.17, 15) is 9.59 Å². The molecule has 0 aliphatic rings. The monoisotopic (exact) mass is 293 g/mol. The molecule has 6 nitrogen and oxygen atoms in total. The van der Waals surface area contributed by atoms with Crippen LogP contribution in [-0.2, 0) is 9.53 Å². The number of carbonyl (C=O) groups excluding carboxylic acids is 2. The van der Waals surface area contributed by atoms with Gasteiger partial charge in [-0.2, -0.15) is 0 Å². The van der Waals surface area contributed by atoms with Crippen molar-refractivity contribution in [1.29, 1.82) is 0 Å². The molecule has 0 unspecified atom stereocenters. The van der Waals surface area contributed by atoms with Gasteiger partial charge in [-0.25, -0.2) is 0 Å². The molecule has 0 spiro atoms. The minimum Gasteiger partial charge on any atom is -0.383 e. The molecule has 0 aliphatic carbocycles. The van der Waals surface area contributed by atoms with E-state index in [0.29, 0.717) is 24.4 Å². The third kappa shape index (κ3) is 6.87. The predicted molar refractivity (Wildman–Crippen MR) is 82.4 cm³/mol. The van der Waals surface area contributed by atoms with Gasteiger partial charge in [-0.05, 0) is 37.2 Å². The van der Waals surface area contributed by atoms with Crippen LogP contribution < -0.4 is 16.0 Å². The van der Waals surface area contributed by atoms with Gasteiger partial charge in [-0.1, -0.05) is 6.92 Å². The number of ether oxygens (including phenoxy) is 1. The fraction of sp³-hybridized carbons (Fsp3) is 0.467. The highest BCUT2D eigenvalue weighted by Gasteiger charge is 2.06. The minimum absolute atomic E-state index is 0.0965. The average Bonchev–Trinajstić information content (AvgIpc) is 2.48. The van der Waals surface area contributed by atoms with Crippen LogP contribution in [-0.4, -0.2) is 45.2 Å². The first kappa shape index (κ1) is 17.1. The van der Waals surface area contributed by atoms with E-state index in [1.807, 2.05) is 6.92 Å². The number of hydrogen-bond donors (Lipinski definition) is 3. The second-order valence-electron chi connectivity index (χ2n) is 4.55. The lowest BCUT2D eigenvalue weighted by Crippen LogP contribution is -2.28. The Labute approximate surface area is 125 Å². The van der Waals surface area contributed by atoms with Crippen LogP contribution in [0.15, 0.2) is 24.3 Å². The predicted octanol–water partition coefficient (Wildman–Crippen LogP) is 1.00. The number of anilines is 1. The van der Waals surface area contributed by atoms with E-state index in [2.05, 4.69) is 16.0 Å². The first-order chi connectivity index (χ1) is 10.2. The van der Waals surface area contributed by atoms with Crippen molar-refractivity contribution in [2.45, 2.75) is 13.3 Å². The van der Waals surface area contributed by atoms with Crippen LogP contribution in [0.2, 0.25) is 0 Å². The number of nitrogens with one attached hydrogen (secondary N) is 3. The Hall–Kier alpha value is -1.92. The van der Waals surface area contributed by atoms with Gasteiger partial charge >= 0.3 is 0 Å². The maximum absolute atomic E-state index is 11.8. The summed E-state index contributed by atoms with van der Waals surface area (Å²) in [5.41, 5.74) is 1.22. The molecule has 0 saturated heterocycles. The number of amides is 2. The van der Waals surface area contributed by atoms with E-state index >= 15 is 0 Å². The van der Waals surface area contributed by atoms with Crippen molar-refractivity contribution < 1.29 is 14.3 Å². The fourth-order valence-electron chi connectivity index (χ4n) is 1.66. The summed E-state index contributed by atoms with van der Waals surface area (Å²) < 4.78 is 4.86. The molecule has 21 heavy (non-hydrogen) atoms. The Balaban J connectivity index is 2.42. The lowest BCUT2D eigenvalue weighted by molar-refractivity contribution is -0.115. The van der Waals surface area contributed by atoms with Crippen LogP contribution in [0.1, 0.15) is 23.7 Å². The Morgan fingerprint density at radius 3 is 2.48 bits per heavy atom. The van der Waals surface area contributed by atoms with Gasteiger partial charge in [0.1, 0.15) is 0 Å². The number of benzene rings is 1. The molecule has 0 heterocycles. The van der Waals surface area contributed by atoms with Crippen molar-refractivity contribution >= 4 is 17.5 Å². The lowest BCUT2D eigenvalue weighted by Gasteiger charge is -2.08. The van der Waals surface area contributed by atoms with Gasteiger partial charge in [0.25, 0.3) is 5.91 Å². The van der Waals surface area contributed by atoms with Crippen LogP contribution >= 0.6 is 0 Å². The van der Waals surface area contributed by atoms with Crippen molar-refractivity contribution in [3.8, 4) is 0 Å². The lowest BCUT2D eigenvalue weighted by atomic mass is 10.2. The highest BCUT2D eigenvalue weighted by atomic mass is 16.5. The molecule has 3 N–H and O–H groups in total. The van der Waals surface area contributed by atoms with Crippen molar-refractivity contribution in [3.63, 3.8) is 0 Å². The van der Waals surface area contributed by atoms with E-state index in [0.717, 1.165) is 13.0 Å². The van der Waals surface area contributed by atoms with Crippen molar-refractivity contribution in [3.05, 3.63) is 29.8 Å². The molecule has 0 bridgehead atoms. The fourth-order valence-corrected chi connectivity index (χ4v) is 1.66. The molecule has 0 fully saturated rings. The largest absolute Gasteiger partial charge is 0.383 e. The van der Waals surface area contributed by atoms with E-state index in [4.69, 9.17) is 4.74 Å². The Morgan fingerprint density at radius 2 is 1.86 bits per heavy atom. The molecule has 0 atom stereocenters. The Morgan fingerprint density at radius 1 is 1.14 bits per heavy atom. The van der Waals surface area contributed by atoms with Gasteiger partial charge in [-0.3, -0.25) is 9.59 Å². The smallest absolute Gasteiger partial charge is 0.251 e. The topological polar surface area (TPSA) is 79.5 Å². The van der Waals surface area contributed by atoms with E-state index < -0.39 is 0 Å². The summed E-state index contributed by atoms with van der Waals surface area (Å²) in [6, 6.07) is 6.78. The summed E-state index contributed by atoms with van der Waals surface area (Å²) in [7, 11) is 1.58. The molecule has 2 amide bonds. The van der Waals surface area contributed by atoms with Crippen molar-refractivity contribution in [2.24, 2.45) is 0 Å². The zero-order valence-corrected chi connectivity index (χ0v) is 12.6. The quantitative estimate of drug-likeness (QED) is 0.594. The van der Waals surface area contributed by atoms with Gasteiger partial charge in [0, 0.05) is 24.9 Å². The molecule has 0 aliphatic heterocycles. The van der Waals surface area contributed by atoms with Crippen LogP contribution in [0.3, 0.4) is 0 Å². The first-order valence-corrected chi connectivity index (χ1v) is 7.05. The molecule has 1 rings (SSSR count). The van der Waals surface area contributed by atoms with Crippen molar-refractivity contribution in [1.82, 2.24) is 10.6 Å². The zero-order valence-electron chi connectivity index (χ0n) is 12.6. The number of hydrogen-bond acceptors (Lipinski definition) is 4. The summed E-state index contributed by atoms with van der Waals surface area (Å²) in [6.45, 7) is 4.09. The zero-order chi connectivity index (χ0) is 15.5. The third-order valence-electron chi connectivity index (χ3n) is 2.73. The molecule has 1 aromatic rings. The molecule has 6 heteroatoms. The Kier molecular flexibility index (Phi) is 8.08. The van der Waals surface area contributed by atoms with E-state index in [-0.39, 0.29) is 18.4 Å². The highest BCUT2D eigenvalue weighted by molar-refractivity contribution is 5.96. The summed E-state index contributed by atoms with van der Waals surface area (Å²) in [6.07, 6.45) is 0.986. The molecule has 0 saturated carbocycles. The second kappa shape index (κ2) is 9.90. The summed E-state index contributed by atoms with van der Waals surface area (Å²) in [4.78, 5) is 23.4. The van der Waals surface area contributed by atoms with Crippen LogP contribution in [0, 0.1) is 0 Å². The van der Waals surface area contributed by atoms with Crippen LogP contribution in [0.25, 0.3) is 0 Å². The SMILES string of the molecule is CCCNCC(=O)Nc1ccc(C(=O)NCCOC)cc1. The van der Waals surface area contributed by atoms with E-state index in [1.54, 1.807) is 31.4 Å². The summed E-state index contributed by atoms with van der Waals surface area (Å²) in [5, 5.41) is 8.52. The summed E-state index contributed by atoms with van der Waals surface area (Å²) >= 11 is 0. The number of methoxy groups -OCH3 is 1. The first-order valence-electron chi connectivity index (χ1n) is 7.05. The molecule has 0 radical (unpaired) electrons.